The molecule has 0 amide bonds. The van der Waals surface area contributed by atoms with Gasteiger partial charge in [-0.3, -0.25) is 4.79 Å². The molecule has 1 heterocycles. The lowest BCUT2D eigenvalue weighted by atomic mass is 10.00. The summed E-state index contributed by atoms with van der Waals surface area (Å²) >= 11 is 0. The number of hydrogen-bond acceptors (Lipinski definition) is 3. The average molecular weight is 290 g/mol. The molecule has 0 unspecified atom stereocenters. The summed E-state index contributed by atoms with van der Waals surface area (Å²) in [6.45, 7) is 3.33. The summed E-state index contributed by atoms with van der Waals surface area (Å²) in [4.78, 5) is 23.6. The number of pyridine rings is 1. The molecule has 5 nitrogen and oxygen atoms in total. The highest BCUT2D eigenvalue weighted by Crippen LogP contribution is 2.39. The van der Waals surface area contributed by atoms with Crippen LogP contribution in [-0.2, 0) is 0 Å². The van der Waals surface area contributed by atoms with Crippen LogP contribution in [0.15, 0.2) is 11.0 Å². The van der Waals surface area contributed by atoms with Crippen LogP contribution in [-0.4, -0.2) is 15.6 Å². The SMILES string of the molecule is Cc1c(F)c(N)c2c(=O)c(C(=O)O)cn(C3CC3)c2c1C. The number of carboxylic acid groups (broad SMARTS) is 1. The predicted octanol–water partition coefficient (Wildman–Crippen LogP) is 2.37. The molecule has 1 saturated carbocycles. The molecule has 0 saturated heterocycles. The summed E-state index contributed by atoms with van der Waals surface area (Å²) < 4.78 is 15.9. The van der Waals surface area contributed by atoms with Gasteiger partial charge in [0, 0.05) is 12.2 Å². The third-order valence-electron chi connectivity index (χ3n) is 4.16. The van der Waals surface area contributed by atoms with Crippen LogP contribution in [0.25, 0.3) is 10.9 Å². The van der Waals surface area contributed by atoms with Crippen LogP contribution < -0.4 is 11.2 Å². The molecule has 0 atom stereocenters. The Bertz CT molecular complexity index is 851. The summed E-state index contributed by atoms with van der Waals surface area (Å²) in [6, 6.07) is 0.147. The number of hydrogen-bond donors (Lipinski definition) is 2. The lowest BCUT2D eigenvalue weighted by Crippen LogP contribution is -2.21. The minimum absolute atomic E-state index is 0.0256. The van der Waals surface area contributed by atoms with Crippen LogP contribution >= 0.6 is 0 Å². The molecule has 6 heteroatoms. The molecule has 3 N–H and O–H groups in total. The van der Waals surface area contributed by atoms with Gasteiger partial charge in [0.25, 0.3) is 0 Å². The molecule has 0 bridgehead atoms. The van der Waals surface area contributed by atoms with Gasteiger partial charge in [0.2, 0.25) is 5.43 Å². The molecule has 0 spiro atoms. The second kappa shape index (κ2) is 4.31. The highest BCUT2D eigenvalue weighted by molar-refractivity contribution is 5.99. The molecule has 0 radical (unpaired) electrons. The maximum atomic E-state index is 14.2. The van der Waals surface area contributed by atoms with Crippen LogP contribution in [0.1, 0.15) is 40.4 Å². The summed E-state index contributed by atoms with van der Waals surface area (Å²) in [6.07, 6.45) is 3.17. The Hall–Kier alpha value is -2.37. The molecular formula is C15H15FN2O3. The number of nitrogens with two attached hydrogens (primary N) is 1. The van der Waals surface area contributed by atoms with Crippen molar-refractivity contribution < 1.29 is 14.3 Å². The number of benzene rings is 1. The monoisotopic (exact) mass is 290 g/mol. The summed E-state index contributed by atoms with van der Waals surface area (Å²) in [5, 5.41) is 9.16. The van der Waals surface area contributed by atoms with Crippen LogP contribution in [0.5, 0.6) is 0 Å². The molecule has 2 aromatic rings. The van der Waals surface area contributed by atoms with Gasteiger partial charge in [-0.1, -0.05) is 0 Å². The van der Waals surface area contributed by atoms with Crippen LogP contribution in [0.3, 0.4) is 0 Å². The number of aryl methyl sites for hydroxylation is 1. The molecule has 21 heavy (non-hydrogen) atoms. The van der Waals surface area contributed by atoms with Crippen molar-refractivity contribution in [1.82, 2.24) is 4.57 Å². The second-order valence-corrected chi connectivity index (χ2v) is 5.52. The summed E-state index contributed by atoms with van der Waals surface area (Å²) in [7, 11) is 0. The van der Waals surface area contributed by atoms with Crippen LogP contribution in [0.2, 0.25) is 0 Å². The van der Waals surface area contributed by atoms with E-state index in [1.54, 1.807) is 18.4 Å². The fourth-order valence-electron chi connectivity index (χ4n) is 2.71. The van der Waals surface area contributed by atoms with Crippen molar-refractivity contribution in [2.75, 3.05) is 5.73 Å². The van der Waals surface area contributed by atoms with Gasteiger partial charge >= 0.3 is 5.97 Å². The van der Waals surface area contributed by atoms with Gasteiger partial charge in [-0.2, -0.15) is 0 Å². The van der Waals surface area contributed by atoms with E-state index in [1.807, 2.05) is 0 Å². The van der Waals surface area contributed by atoms with Crippen molar-refractivity contribution >= 4 is 22.6 Å². The van der Waals surface area contributed by atoms with Crippen molar-refractivity contribution in [3.8, 4) is 0 Å². The Morgan fingerprint density at radius 3 is 2.52 bits per heavy atom. The second-order valence-electron chi connectivity index (χ2n) is 5.52. The first-order valence-electron chi connectivity index (χ1n) is 6.70. The first-order chi connectivity index (χ1) is 9.84. The van der Waals surface area contributed by atoms with E-state index in [0.29, 0.717) is 16.6 Å². The molecule has 1 fully saturated rings. The lowest BCUT2D eigenvalue weighted by Gasteiger charge is -2.17. The third kappa shape index (κ3) is 1.82. The van der Waals surface area contributed by atoms with E-state index in [9.17, 15) is 19.1 Å². The van der Waals surface area contributed by atoms with E-state index in [1.165, 1.54) is 6.20 Å². The van der Waals surface area contributed by atoms with Gasteiger partial charge in [-0.25, -0.2) is 9.18 Å². The highest BCUT2D eigenvalue weighted by Gasteiger charge is 2.29. The highest BCUT2D eigenvalue weighted by atomic mass is 19.1. The number of halogens is 1. The van der Waals surface area contributed by atoms with E-state index in [4.69, 9.17) is 5.73 Å². The largest absolute Gasteiger partial charge is 0.477 e. The number of aromatic carboxylic acids is 1. The van der Waals surface area contributed by atoms with E-state index < -0.39 is 17.2 Å². The minimum Gasteiger partial charge on any atom is -0.477 e. The Labute approximate surface area is 119 Å². The Kier molecular flexibility index (Phi) is 2.79. The summed E-state index contributed by atoms with van der Waals surface area (Å²) in [5.74, 6) is -1.98. The van der Waals surface area contributed by atoms with E-state index in [-0.39, 0.29) is 22.7 Å². The average Bonchev–Trinajstić information content (AvgIpc) is 3.26. The smallest absolute Gasteiger partial charge is 0.341 e. The summed E-state index contributed by atoms with van der Waals surface area (Å²) in [5.41, 5.74) is 5.95. The maximum absolute atomic E-state index is 14.2. The Morgan fingerprint density at radius 2 is 2.00 bits per heavy atom. The van der Waals surface area contributed by atoms with Gasteiger partial charge in [0.15, 0.2) is 0 Å². The Balaban J connectivity index is 2.59. The number of rotatable bonds is 2. The number of nitrogen functional groups attached to an aromatic ring is 1. The van der Waals surface area contributed by atoms with E-state index in [2.05, 4.69) is 0 Å². The lowest BCUT2D eigenvalue weighted by molar-refractivity contribution is 0.0695. The van der Waals surface area contributed by atoms with Crippen LogP contribution in [0.4, 0.5) is 10.1 Å². The Morgan fingerprint density at radius 1 is 1.38 bits per heavy atom. The minimum atomic E-state index is -1.32. The number of nitrogens with zero attached hydrogens (tertiary/aromatic N) is 1. The number of carboxylic acids is 1. The molecule has 0 aliphatic heterocycles. The quantitative estimate of drug-likeness (QED) is 0.831. The standard InChI is InChI=1S/C15H15FN2O3/c1-6-7(2)13-10(12(17)11(6)16)14(19)9(15(20)21)5-18(13)8-3-4-8/h5,8H,3-4,17H2,1-2H3,(H,20,21). The maximum Gasteiger partial charge on any atom is 0.341 e. The molecule has 1 aliphatic carbocycles. The van der Waals surface area contributed by atoms with Crippen molar-refractivity contribution in [1.29, 1.82) is 0 Å². The molecule has 1 aromatic carbocycles. The fourth-order valence-corrected chi connectivity index (χ4v) is 2.71. The zero-order chi connectivity index (χ0) is 15.5. The van der Waals surface area contributed by atoms with Crippen molar-refractivity contribution in [2.45, 2.75) is 32.7 Å². The normalized spacial score (nSPS) is 14.6. The van der Waals surface area contributed by atoms with Gasteiger partial charge in [0.1, 0.15) is 11.4 Å². The number of aromatic nitrogens is 1. The predicted molar refractivity (Wildman–Crippen MR) is 77.3 cm³/mol. The molecule has 1 aromatic heterocycles. The van der Waals surface area contributed by atoms with Crippen molar-refractivity contribution in [3.63, 3.8) is 0 Å². The first kappa shape index (κ1) is 13.6. The number of fused-ring (bicyclic) bond motifs is 1. The molecule has 1 aliphatic rings. The topological polar surface area (TPSA) is 85.3 Å². The molecule has 3 rings (SSSR count). The van der Waals surface area contributed by atoms with Crippen LogP contribution in [0, 0.1) is 19.7 Å². The van der Waals surface area contributed by atoms with E-state index in [0.717, 1.165) is 12.8 Å². The number of anilines is 1. The third-order valence-corrected chi connectivity index (χ3v) is 4.16. The van der Waals surface area contributed by atoms with E-state index >= 15 is 0 Å². The first-order valence-corrected chi connectivity index (χ1v) is 6.70. The fraction of sp³-hybridized carbons (Fsp3) is 0.333. The molecule has 110 valence electrons. The number of carbonyl (C=O) groups is 1. The zero-order valence-electron chi connectivity index (χ0n) is 11.7. The van der Waals surface area contributed by atoms with Gasteiger partial charge in [-0.15, -0.1) is 0 Å². The van der Waals surface area contributed by atoms with Crippen molar-refractivity contribution in [2.24, 2.45) is 0 Å². The molecular weight excluding hydrogens is 275 g/mol. The van der Waals surface area contributed by atoms with Gasteiger partial charge < -0.3 is 15.4 Å². The van der Waals surface area contributed by atoms with Gasteiger partial charge in [0.05, 0.1) is 16.6 Å². The van der Waals surface area contributed by atoms with Crippen molar-refractivity contribution in [3.05, 3.63) is 38.9 Å². The zero-order valence-corrected chi connectivity index (χ0v) is 11.7. The van der Waals surface area contributed by atoms with Gasteiger partial charge in [-0.05, 0) is 37.8 Å².